The summed E-state index contributed by atoms with van der Waals surface area (Å²) in [6.45, 7) is 9.42. The Kier molecular flexibility index (Phi) is 12.6. The van der Waals surface area contributed by atoms with Gasteiger partial charge in [-0.05, 0) is 37.8 Å². The molecule has 3 nitrogen and oxygen atoms in total. The highest BCUT2D eigenvalue weighted by atomic mass is 31.2. The van der Waals surface area contributed by atoms with Gasteiger partial charge in [0.15, 0.2) is 0 Å². The van der Waals surface area contributed by atoms with E-state index in [1.165, 1.54) is 51.4 Å². The zero-order valence-corrected chi connectivity index (χ0v) is 18.5. The van der Waals surface area contributed by atoms with E-state index < -0.39 is 7.26 Å². The first-order valence-corrected chi connectivity index (χ1v) is 13.3. The lowest BCUT2D eigenvalue weighted by Gasteiger charge is -2.28. The third-order valence-corrected chi connectivity index (χ3v) is 10.2. The van der Waals surface area contributed by atoms with E-state index in [9.17, 15) is 0 Å². The first-order valence-electron chi connectivity index (χ1n) is 10.8. The van der Waals surface area contributed by atoms with Crippen LogP contribution >= 0.6 is 7.26 Å². The Morgan fingerprint density at radius 3 is 1.31 bits per heavy atom. The molecule has 0 fully saturated rings. The average molecular weight is 379 g/mol. The molecule has 0 radical (unpaired) electrons. The molecule has 148 valence electrons. The normalized spacial score (nSPS) is 11.4. The molecule has 0 amide bonds. The van der Waals surface area contributed by atoms with Crippen LogP contribution in [0.2, 0.25) is 0 Å². The lowest BCUT2D eigenvalue weighted by molar-refractivity contribution is 0.814. The molecule has 0 bridgehead atoms. The predicted octanol–water partition coefficient (Wildman–Crippen LogP) is 7.16. The molecule has 0 atom stereocenters. The highest BCUT2D eigenvalue weighted by Crippen LogP contribution is 2.61. The van der Waals surface area contributed by atoms with Crippen molar-refractivity contribution >= 4 is 18.3 Å². The molecule has 1 heterocycles. The van der Waals surface area contributed by atoms with Crippen molar-refractivity contribution in [3.8, 4) is 0 Å². The van der Waals surface area contributed by atoms with Gasteiger partial charge in [0.05, 0.1) is 24.6 Å². The molecule has 1 N–H and O–H groups in total. The van der Waals surface area contributed by atoms with Gasteiger partial charge in [-0.25, -0.2) is 0 Å². The molecule has 1 aromatic heterocycles. The van der Waals surface area contributed by atoms with Crippen LogP contribution in [0.25, 0.3) is 11.0 Å². The Morgan fingerprint density at radius 1 is 0.654 bits per heavy atom. The number of para-hydroxylation sites is 2. The Balaban J connectivity index is 0.000000308. The summed E-state index contributed by atoms with van der Waals surface area (Å²) in [5.41, 5.74) is 1.83. The minimum absolute atomic E-state index is 0.562. The van der Waals surface area contributed by atoms with Crippen molar-refractivity contribution in [2.75, 3.05) is 24.6 Å². The molecule has 26 heavy (non-hydrogen) atoms. The Morgan fingerprint density at radius 2 is 1.00 bits per heavy atom. The van der Waals surface area contributed by atoms with Gasteiger partial charge < -0.3 is 0 Å². The number of fused-ring (bicyclic) bond motifs is 1. The standard InChI is InChI=1S/C16H36P.C6H5N3/c1-5-9-13-17(14-10-6-2,15-11-7-3)16-12-8-4;1-2-4-6-5(3-1)7-9-8-6/h5-16H2,1-4H3;1-4H,(H,7,8,9)/q+1;. The maximum atomic E-state index is 3.88. The maximum Gasteiger partial charge on any atom is 0.112 e. The van der Waals surface area contributed by atoms with Gasteiger partial charge in [-0.15, -0.1) is 0 Å². The molecule has 0 aliphatic heterocycles. The van der Waals surface area contributed by atoms with Gasteiger partial charge in [0.25, 0.3) is 0 Å². The van der Waals surface area contributed by atoms with Crippen LogP contribution in [0.1, 0.15) is 79.1 Å². The summed E-state index contributed by atoms with van der Waals surface area (Å²) in [6, 6.07) is 7.70. The van der Waals surface area contributed by atoms with Crippen LogP contribution in [-0.2, 0) is 0 Å². The Bertz CT molecular complexity index is 500. The molecule has 2 rings (SSSR count). The zero-order valence-electron chi connectivity index (χ0n) is 17.6. The second-order valence-corrected chi connectivity index (χ2v) is 11.9. The number of H-pyrrole nitrogens is 1. The van der Waals surface area contributed by atoms with Gasteiger partial charge in [-0.2, -0.15) is 15.4 Å². The number of benzene rings is 1. The van der Waals surface area contributed by atoms with Crippen LogP contribution in [0.3, 0.4) is 0 Å². The van der Waals surface area contributed by atoms with Gasteiger partial charge in [-0.3, -0.25) is 0 Å². The molecule has 0 aliphatic carbocycles. The summed E-state index contributed by atoms with van der Waals surface area (Å²) >= 11 is 0. The first kappa shape index (κ1) is 23.1. The van der Waals surface area contributed by atoms with E-state index in [1.54, 1.807) is 24.6 Å². The number of nitrogens with one attached hydrogen (secondary N) is 1. The van der Waals surface area contributed by atoms with Crippen LogP contribution in [0.15, 0.2) is 24.3 Å². The monoisotopic (exact) mass is 378 g/mol. The number of hydrogen-bond acceptors (Lipinski definition) is 2. The number of unbranched alkanes of at least 4 members (excludes halogenated alkanes) is 4. The van der Waals surface area contributed by atoms with Crippen molar-refractivity contribution in [1.29, 1.82) is 0 Å². The Hall–Kier alpha value is -0.950. The molecule has 2 aromatic rings. The molecular weight excluding hydrogens is 337 g/mol. The molecule has 0 unspecified atom stereocenters. The average Bonchev–Trinajstić information content (AvgIpc) is 3.16. The van der Waals surface area contributed by atoms with Gasteiger partial charge in [0, 0.05) is 7.26 Å². The van der Waals surface area contributed by atoms with Crippen LogP contribution in [0.5, 0.6) is 0 Å². The van der Waals surface area contributed by atoms with Crippen LogP contribution < -0.4 is 0 Å². The van der Waals surface area contributed by atoms with Crippen molar-refractivity contribution in [2.45, 2.75) is 79.1 Å². The second kappa shape index (κ2) is 14.2. The predicted molar refractivity (Wildman–Crippen MR) is 120 cm³/mol. The van der Waals surface area contributed by atoms with E-state index in [0.717, 1.165) is 11.0 Å². The first-order chi connectivity index (χ1) is 12.7. The van der Waals surface area contributed by atoms with E-state index in [-0.39, 0.29) is 0 Å². The summed E-state index contributed by atoms with van der Waals surface area (Å²) in [4.78, 5) is 0. The van der Waals surface area contributed by atoms with E-state index in [2.05, 4.69) is 43.1 Å². The minimum atomic E-state index is -0.562. The quantitative estimate of drug-likeness (QED) is 0.398. The molecule has 0 aliphatic rings. The number of aromatic nitrogens is 3. The lowest BCUT2D eigenvalue weighted by atomic mass is 10.3. The fourth-order valence-corrected chi connectivity index (χ4v) is 8.72. The second-order valence-electron chi connectivity index (χ2n) is 7.46. The summed E-state index contributed by atoms with van der Waals surface area (Å²) in [6.07, 6.45) is 17.9. The number of nitrogens with zero attached hydrogens (tertiary/aromatic N) is 2. The molecule has 0 saturated carbocycles. The lowest BCUT2D eigenvalue weighted by Crippen LogP contribution is -2.12. The SMILES string of the molecule is CCCC[P+](CCCC)(CCCC)CCCC.c1ccc2n[nH]nc2c1. The van der Waals surface area contributed by atoms with Crippen LogP contribution in [0, 0.1) is 0 Å². The third kappa shape index (κ3) is 8.62. The highest BCUT2D eigenvalue weighted by molar-refractivity contribution is 7.75. The molecule has 0 spiro atoms. The Labute approximate surface area is 162 Å². The number of hydrogen-bond donors (Lipinski definition) is 1. The van der Waals surface area contributed by atoms with Gasteiger partial charge in [-0.1, -0.05) is 65.5 Å². The maximum absolute atomic E-state index is 3.88. The highest BCUT2D eigenvalue weighted by Gasteiger charge is 2.34. The molecular formula is C22H41N3P+. The number of rotatable bonds is 12. The largest absolute Gasteiger partial charge is 0.197 e. The molecule has 1 aromatic carbocycles. The minimum Gasteiger partial charge on any atom is -0.197 e. The van der Waals surface area contributed by atoms with E-state index in [0.29, 0.717) is 0 Å². The number of aromatic amines is 1. The van der Waals surface area contributed by atoms with Gasteiger partial charge in [0.1, 0.15) is 11.0 Å². The van der Waals surface area contributed by atoms with Crippen molar-refractivity contribution in [3.63, 3.8) is 0 Å². The summed E-state index contributed by atoms with van der Waals surface area (Å²) in [7, 11) is -0.562. The van der Waals surface area contributed by atoms with Crippen molar-refractivity contribution < 1.29 is 0 Å². The van der Waals surface area contributed by atoms with E-state index >= 15 is 0 Å². The fraction of sp³-hybridized carbons (Fsp3) is 0.727. The summed E-state index contributed by atoms with van der Waals surface area (Å²) in [5.74, 6) is 0. The van der Waals surface area contributed by atoms with Crippen molar-refractivity contribution in [1.82, 2.24) is 15.4 Å². The zero-order chi connectivity index (χ0) is 19.1. The van der Waals surface area contributed by atoms with Gasteiger partial charge >= 0.3 is 0 Å². The van der Waals surface area contributed by atoms with Gasteiger partial charge in [0.2, 0.25) is 0 Å². The van der Waals surface area contributed by atoms with Crippen molar-refractivity contribution in [2.24, 2.45) is 0 Å². The molecule has 4 heteroatoms. The summed E-state index contributed by atoms with van der Waals surface area (Å²) < 4.78 is 0. The van der Waals surface area contributed by atoms with Crippen LogP contribution in [-0.4, -0.2) is 40.1 Å². The van der Waals surface area contributed by atoms with Crippen LogP contribution in [0.4, 0.5) is 0 Å². The summed E-state index contributed by atoms with van der Waals surface area (Å²) in [5, 5.41) is 10.3. The molecule has 0 saturated heterocycles. The topological polar surface area (TPSA) is 41.6 Å². The van der Waals surface area contributed by atoms with E-state index in [1.807, 2.05) is 24.3 Å². The fourth-order valence-electron chi connectivity index (χ4n) is 3.43. The van der Waals surface area contributed by atoms with E-state index in [4.69, 9.17) is 0 Å². The smallest absolute Gasteiger partial charge is 0.112 e. The third-order valence-electron chi connectivity index (χ3n) is 5.17. The van der Waals surface area contributed by atoms with Crippen molar-refractivity contribution in [3.05, 3.63) is 24.3 Å².